The Morgan fingerprint density at radius 3 is 2.86 bits per heavy atom. The van der Waals surface area contributed by atoms with Crippen LogP contribution < -0.4 is 5.73 Å². The topological polar surface area (TPSA) is 69.2 Å². The number of fused-ring (bicyclic) bond motifs is 1. The molecule has 0 unspecified atom stereocenters. The molecular formula is C8H5BrN2O2S. The Morgan fingerprint density at radius 2 is 2.21 bits per heavy atom. The second-order valence-electron chi connectivity index (χ2n) is 2.69. The highest BCUT2D eigenvalue weighted by atomic mass is 79.9. The maximum Gasteiger partial charge on any atom is 0.312 e. The number of rotatable bonds is 1. The van der Waals surface area contributed by atoms with E-state index in [9.17, 15) is 10.1 Å². The average Bonchev–Trinajstić information content (AvgIpc) is 2.42. The van der Waals surface area contributed by atoms with Gasteiger partial charge in [-0.15, -0.1) is 11.3 Å². The van der Waals surface area contributed by atoms with E-state index in [0.717, 1.165) is 4.70 Å². The van der Waals surface area contributed by atoms with Crippen LogP contribution >= 0.6 is 27.3 Å². The Bertz CT molecular complexity index is 523. The minimum Gasteiger partial charge on any atom is -0.385 e. The molecule has 1 aromatic heterocycles. The van der Waals surface area contributed by atoms with Gasteiger partial charge in [0.25, 0.3) is 0 Å². The third-order valence-electron chi connectivity index (χ3n) is 1.85. The zero-order chi connectivity index (χ0) is 10.3. The van der Waals surface area contributed by atoms with E-state index in [4.69, 9.17) is 5.73 Å². The summed E-state index contributed by atoms with van der Waals surface area (Å²) < 4.78 is 1.53. The third-order valence-corrected chi connectivity index (χ3v) is 3.48. The van der Waals surface area contributed by atoms with Gasteiger partial charge in [-0.2, -0.15) is 0 Å². The molecule has 0 saturated heterocycles. The van der Waals surface area contributed by atoms with E-state index in [2.05, 4.69) is 15.9 Å². The Kier molecular flexibility index (Phi) is 2.16. The standard InChI is InChI=1S/C8H5BrN2O2S/c9-4-2-1-3-5-6(4)7(11(12)13)8(10)14-5/h1-3H,10H2. The van der Waals surface area contributed by atoms with E-state index < -0.39 is 4.92 Å². The Labute approximate surface area is 91.6 Å². The molecule has 0 saturated carbocycles. The molecule has 0 fully saturated rings. The van der Waals surface area contributed by atoms with E-state index >= 15 is 0 Å². The smallest absolute Gasteiger partial charge is 0.312 e. The molecule has 2 aromatic rings. The summed E-state index contributed by atoms with van der Waals surface area (Å²) in [5, 5.41) is 11.6. The van der Waals surface area contributed by atoms with E-state index in [1.54, 1.807) is 6.07 Å². The number of nitro groups is 1. The van der Waals surface area contributed by atoms with Gasteiger partial charge in [-0.25, -0.2) is 0 Å². The first-order valence-electron chi connectivity index (χ1n) is 3.72. The molecule has 0 radical (unpaired) electrons. The van der Waals surface area contributed by atoms with Crippen LogP contribution in [0.2, 0.25) is 0 Å². The van der Waals surface area contributed by atoms with Gasteiger partial charge >= 0.3 is 5.69 Å². The highest BCUT2D eigenvalue weighted by Gasteiger charge is 2.21. The average molecular weight is 273 g/mol. The first-order chi connectivity index (χ1) is 6.61. The molecule has 1 aromatic carbocycles. The molecule has 1 heterocycles. The fourth-order valence-corrected chi connectivity index (χ4v) is 2.94. The predicted molar refractivity (Wildman–Crippen MR) is 60.6 cm³/mol. The van der Waals surface area contributed by atoms with Gasteiger partial charge in [0.15, 0.2) is 5.00 Å². The van der Waals surface area contributed by atoms with Gasteiger partial charge in [-0.05, 0) is 28.1 Å². The van der Waals surface area contributed by atoms with E-state index in [0.29, 0.717) is 9.86 Å². The van der Waals surface area contributed by atoms with Crippen molar-refractivity contribution in [3.8, 4) is 0 Å². The molecule has 0 bridgehead atoms. The molecule has 14 heavy (non-hydrogen) atoms. The third kappa shape index (κ3) is 1.27. The highest BCUT2D eigenvalue weighted by molar-refractivity contribution is 9.10. The van der Waals surface area contributed by atoms with Gasteiger partial charge in [0.1, 0.15) is 0 Å². The maximum atomic E-state index is 10.8. The van der Waals surface area contributed by atoms with Crippen LogP contribution in [0.25, 0.3) is 10.1 Å². The summed E-state index contributed by atoms with van der Waals surface area (Å²) in [5.74, 6) is 0. The first kappa shape index (κ1) is 9.42. The number of thiophene rings is 1. The van der Waals surface area contributed by atoms with Crippen LogP contribution in [0.4, 0.5) is 10.7 Å². The fourth-order valence-electron chi connectivity index (χ4n) is 1.29. The van der Waals surface area contributed by atoms with Crippen molar-refractivity contribution in [2.45, 2.75) is 0 Å². The molecule has 0 aliphatic carbocycles. The molecule has 0 spiro atoms. The number of hydrogen-bond donors (Lipinski definition) is 1. The molecular weight excluding hydrogens is 268 g/mol. The van der Waals surface area contributed by atoms with Crippen LogP contribution in [0.1, 0.15) is 0 Å². The molecule has 0 aliphatic rings. The number of nitrogens with two attached hydrogens (primary N) is 1. The zero-order valence-electron chi connectivity index (χ0n) is 6.86. The van der Waals surface area contributed by atoms with Crippen LogP contribution in [0, 0.1) is 10.1 Å². The second-order valence-corrected chi connectivity index (χ2v) is 4.62. The van der Waals surface area contributed by atoms with E-state index in [-0.39, 0.29) is 10.7 Å². The molecule has 72 valence electrons. The highest BCUT2D eigenvalue weighted by Crippen LogP contribution is 2.42. The lowest BCUT2D eigenvalue weighted by atomic mass is 10.2. The Hall–Kier alpha value is -1.14. The van der Waals surface area contributed by atoms with Crippen molar-refractivity contribution in [3.63, 3.8) is 0 Å². The van der Waals surface area contributed by atoms with Crippen LogP contribution in [-0.4, -0.2) is 4.92 Å². The van der Waals surface area contributed by atoms with Crippen LogP contribution in [0.15, 0.2) is 22.7 Å². The largest absolute Gasteiger partial charge is 0.385 e. The van der Waals surface area contributed by atoms with Crippen molar-refractivity contribution in [1.82, 2.24) is 0 Å². The monoisotopic (exact) mass is 272 g/mol. The van der Waals surface area contributed by atoms with E-state index in [1.165, 1.54) is 11.3 Å². The van der Waals surface area contributed by atoms with Gasteiger partial charge in [0.2, 0.25) is 0 Å². The SMILES string of the molecule is Nc1sc2cccc(Br)c2c1[N+](=O)[O-]. The van der Waals surface area contributed by atoms with Crippen molar-refractivity contribution >= 4 is 48.0 Å². The van der Waals surface area contributed by atoms with Crippen molar-refractivity contribution < 1.29 is 4.92 Å². The second kappa shape index (κ2) is 3.21. The summed E-state index contributed by atoms with van der Waals surface area (Å²) in [7, 11) is 0. The Balaban J connectivity index is 2.93. The van der Waals surface area contributed by atoms with Crippen molar-refractivity contribution in [2.75, 3.05) is 5.73 Å². The molecule has 6 heteroatoms. The van der Waals surface area contributed by atoms with Gasteiger partial charge in [0, 0.05) is 9.17 Å². The van der Waals surface area contributed by atoms with Crippen LogP contribution in [0.5, 0.6) is 0 Å². The first-order valence-corrected chi connectivity index (χ1v) is 5.33. The van der Waals surface area contributed by atoms with Crippen molar-refractivity contribution in [3.05, 3.63) is 32.8 Å². The predicted octanol–water partition coefficient (Wildman–Crippen LogP) is 3.15. The van der Waals surface area contributed by atoms with Crippen LogP contribution in [0.3, 0.4) is 0 Å². The number of benzene rings is 1. The fraction of sp³-hybridized carbons (Fsp3) is 0. The Morgan fingerprint density at radius 1 is 1.50 bits per heavy atom. The number of anilines is 1. The lowest BCUT2D eigenvalue weighted by Crippen LogP contribution is -1.91. The van der Waals surface area contributed by atoms with Gasteiger partial charge in [0.05, 0.1) is 10.3 Å². The summed E-state index contributed by atoms with van der Waals surface area (Å²) >= 11 is 4.50. The lowest BCUT2D eigenvalue weighted by Gasteiger charge is -1.93. The summed E-state index contributed by atoms with van der Waals surface area (Å²) in [6.45, 7) is 0. The van der Waals surface area contributed by atoms with Gasteiger partial charge in [-0.1, -0.05) is 6.07 Å². The normalized spacial score (nSPS) is 10.6. The molecule has 0 amide bonds. The molecule has 0 atom stereocenters. The molecule has 2 rings (SSSR count). The minimum atomic E-state index is -0.446. The minimum absolute atomic E-state index is 0.00234. The number of hydrogen-bond acceptors (Lipinski definition) is 4. The van der Waals surface area contributed by atoms with E-state index in [1.807, 2.05) is 12.1 Å². The number of nitrogen functional groups attached to an aromatic ring is 1. The van der Waals surface area contributed by atoms with Gasteiger partial charge in [-0.3, -0.25) is 10.1 Å². The molecule has 4 nitrogen and oxygen atoms in total. The summed E-state index contributed by atoms with van der Waals surface area (Å²) in [6, 6.07) is 5.40. The zero-order valence-corrected chi connectivity index (χ0v) is 9.26. The maximum absolute atomic E-state index is 10.8. The summed E-state index contributed by atoms with van der Waals surface area (Å²) in [6.07, 6.45) is 0. The molecule has 2 N–H and O–H groups in total. The summed E-state index contributed by atoms with van der Waals surface area (Å²) in [5.41, 5.74) is 5.58. The number of halogens is 1. The van der Waals surface area contributed by atoms with Gasteiger partial charge < -0.3 is 5.73 Å². The lowest BCUT2D eigenvalue weighted by molar-refractivity contribution is -0.381. The van der Waals surface area contributed by atoms with Crippen molar-refractivity contribution in [2.24, 2.45) is 0 Å². The molecule has 0 aliphatic heterocycles. The van der Waals surface area contributed by atoms with Crippen LogP contribution in [-0.2, 0) is 0 Å². The van der Waals surface area contributed by atoms with Crippen molar-refractivity contribution in [1.29, 1.82) is 0 Å². The summed E-state index contributed by atoms with van der Waals surface area (Å²) in [4.78, 5) is 10.3. The quantitative estimate of drug-likeness (QED) is 0.641. The number of nitrogens with zero attached hydrogens (tertiary/aromatic N) is 1.